The van der Waals surface area contributed by atoms with Gasteiger partial charge in [0, 0.05) is 90.8 Å². The smallest absolute Gasteiger partial charge is 0.333 e. The van der Waals surface area contributed by atoms with Crippen molar-refractivity contribution >= 4 is 76.4 Å². The average Bonchev–Trinajstić information content (AvgIpc) is 1.79. The van der Waals surface area contributed by atoms with Gasteiger partial charge in [0.1, 0.15) is 72.0 Å². The van der Waals surface area contributed by atoms with Gasteiger partial charge in [-0.2, -0.15) is 0 Å². The number of ketones is 2. The lowest BCUT2D eigenvalue weighted by Gasteiger charge is -2.40. The minimum Gasteiger partial charge on any atom is -0.505 e. The van der Waals surface area contributed by atoms with Gasteiger partial charge in [0.2, 0.25) is 41.3 Å². The summed E-state index contributed by atoms with van der Waals surface area (Å²) in [5, 5.41) is 31.2. The van der Waals surface area contributed by atoms with Gasteiger partial charge in [0.15, 0.2) is 17.4 Å². The van der Waals surface area contributed by atoms with E-state index in [0.717, 1.165) is 11.3 Å². The predicted molar refractivity (Wildman–Crippen MR) is 367 cm³/mol. The third-order valence-corrected chi connectivity index (χ3v) is 18.4. The number of carbonyl (C=O) groups is 12. The van der Waals surface area contributed by atoms with Gasteiger partial charge < -0.3 is 69.9 Å². The van der Waals surface area contributed by atoms with Crippen LogP contribution in [0.4, 0.5) is 5.69 Å². The molecule has 28 heteroatoms. The van der Waals surface area contributed by atoms with E-state index in [1.807, 2.05) is 64.0 Å². The molecule has 2 aromatic heterocycles. The summed E-state index contributed by atoms with van der Waals surface area (Å²) in [5.41, 5.74) is 2.19. The van der Waals surface area contributed by atoms with Crippen molar-refractivity contribution < 1.29 is 81.6 Å². The molecular weight excluding hydrogens is 1300 g/mol. The number of aliphatic hydroxyl groups excluding tert-OH is 1. The number of hydrogen-bond acceptors (Lipinski definition) is 20. The molecule has 8 unspecified atom stereocenters. The Labute approximate surface area is 586 Å². The molecule has 6 N–H and O–H groups in total. The molecule has 5 aliphatic rings. The second-order valence-electron chi connectivity index (χ2n) is 26.4. The molecule has 540 valence electrons. The van der Waals surface area contributed by atoms with Crippen molar-refractivity contribution in [2.75, 3.05) is 52.2 Å². The molecule has 2 aromatic carbocycles. The number of hydrogen-bond donors (Lipinski definition) is 6. The number of likely N-dealkylation sites (N-methyl/N-ethyl adjacent to an activating group) is 1. The maximum Gasteiger partial charge on any atom is 0.333 e. The molecule has 4 saturated heterocycles. The zero-order valence-electron chi connectivity index (χ0n) is 58.4. The highest BCUT2D eigenvalue weighted by atomic mass is 16.6. The van der Waals surface area contributed by atoms with E-state index in [9.17, 15) is 67.7 Å². The number of esters is 2. The summed E-state index contributed by atoms with van der Waals surface area (Å²) in [7, 11) is 5.25. The maximum absolute atomic E-state index is 15.0. The molecule has 0 saturated carbocycles. The zero-order chi connectivity index (χ0) is 73.4. The van der Waals surface area contributed by atoms with Gasteiger partial charge in [-0.25, -0.2) is 19.6 Å². The number of Topliss-reactive ketones (excluding diaryl/α,β-unsaturated/α-hetero) is 2. The van der Waals surface area contributed by atoms with E-state index in [1.54, 1.807) is 68.5 Å². The van der Waals surface area contributed by atoms with E-state index in [-0.39, 0.29) is 111 Å². The predicted octanol–water partition coefficient (Wildman–Crippen LogP) is 3.80. The summed E-state index contributed by atoms with van der Waals surface area (Å²) < 4.78 is 17.1. The van der Waals surface area contributed by atoms with Crippen LogP contribution < -0.4 is 26.2 Å². The zero-order valence-corrected chi connectivity index (χ0v) is 58.4. The molecule has 2 bridgehead atoms. The maximum atomic E-state index is 15.0. The molecule has 5 aliphatic heterocycles. The number of cyclic esters (lactones) is 2. The number of oxazole rings is 1. The van der Waals surface area contributed by atoms with E-state index < -0.39 is 125 Å². The topological polar surface area (TPSA) is 367 Å². The van der Waals surface area contributed by atoms with Crippen LogP contribution in [0.5, 0.6) is 5.75 Å². The fraction of sp³-hybridized carbons (Fsp3) is 0.479. The quantitative estimate of drug-likeness (QED) is 0.137. The normalized spacial score (nSPS) is 27.1. The highest BCUT2D eigenvalue weighted by molar-refractivity contribution is 6.02. The van der Waals surface area contributed by atoms with Gasteiger partial charge in [-0.05, 0) is 93.3 Å². The Bertz CT molecular complexity index is 3790. The molecular formula is C73H91N11O17. The number of nitrogens with one attached hydrogen (secondary N) is 4. The van der Waals surface area contributed by atoms with E-state index >= 15 is 0 Å². The van der Waals surface area contributed by atoms with Crippen molar-refractivity contribution in [3.8, 4) is 5.75 Å². The SMILES string of the molecule is CC1=C/[C@@H](O)CC(=O)Cc2nc(co2)C(=O)N2CCCC2C(=O)O[C@H](C(C)C)[C@H](C)/C=C\C(=O)NC/C=C\1.CCC1NC(=O)C(NC(=O)c2ncccc2O)C(C)OC(=O)C(c2ccccc2)NC(=O)C2CC(=O)CCN2C(=O)C(Cc2ccc(N(C)C)cc2)N(C)C(=O)C2CCCN2C1=O. The van der Waals surface area contributed by atoms with E-state index in [0.29, 0.717) is 31.4 Å². The number of carbonyl (C=O) groups excluding carboxylic acids is 12. The summed E-state index contributed by atoms with van der Waals surface area (Å²) in [5.74, 6) is -8.09. The van der Waals surface area contributed by atoms with Crippen molar-refractivity contribution in [1.29, 1.82) is 0 Å². The summed E-state index contributed by atoms with van der Waals surface area (Å²) in [6.07, 6.45) is 8.79. The fourth-order valence-corrected chi connectivity index (χ4v) is 12.9. The number of rotatable bonds is 8. The third kappa shape index (κ3) is 19.8. The Morgan fingerprint density at radius 3 is 2.15 bits per heavy atom. The number of fused-ring (bicyclic) bond motifs is 5. The van der Waals surface area contributed by atoms with Gasteiger partial charge in [-0.3, -0.25) is 47.9 Å². The molecule has 9 rings (SSSR count). The van der Waals surface area contributed by atoms with Gasteiger partial charge in [0.05, 0.1) is 12.5 Å². The second kappa shape index (κ2) is 35.1. The Hall–Kier alpha value is -10.4. The van der Waals surface area contributed by atoms with Crippen LogP contribution in [-0.4, -0.2) is 212 Å². The summed E-state index contributed by atoms with van der Waals surface area (Å²) in [4.78, 5) is 180. The molecule has 0 aliphatic carbocycles. The minimum absolute atomic E-state index is 0.00930. The first-order valence-electron chi connectivity index (χ1n) is 34.1. The Morgan fingerprint density at radius 1 is 0.772 bits per heavy atom. The number of ether oxygens (including phenoxy) is 2. The van der Waals surface area contributed by atoms with Crippen LogP contribution in [0.1, 0.15) is 137 Å². The van der Waals surface area contributed by atoms with Crippen LogP contribution >= 0.6 is 0 Å². The number of piperidine rings is 1. The second-order valence-corrected chi connectivity index (χ2v) is 26.4. The van der Waals surface area contributed by atoms with E-state index in [4.69, 9.17) is 13.9 Å². The first-order chi connectivity index (χ1) is 48.1. The summed E-state index contributed by atoms with van der Waals surface area (Å²) in [6.45, 7) is 11.2. The van der Waals surface area contributed by atoms with Gasteiger partial charge >= 0.3 is 11.9 Å². The highest BCUT2D eigenvalue weighted by Gasteiger charge is 2.47. The lowest BCUT2D eigenvalue weighted by atomic mass is 9.94. The number of pyridine rings is 1. The van der Waals surface area contributed by atoms with Crippen molar-refractivity contribution in [2.45, 2.75) is 166 Å². The summed E-state index contributed by atoms with van der Waals surface area (Å²) >= 11 is 0. The average molecular weight is 1390 g/mol. The number of benzene rings is 2. The van der Waals surface area contributed by atoms with Crippen LogP contribution in [-0.2, 0) is 70.3 Å². The fourth-order valence-electron chi connectivity index (χ4n) is 12.9. The standard InChI is InChI=1S/C45H54N8O10.C28H37N3O7/c1-6-31-42(59)52-22-11-14-32(52)43(60)51(5)34(24-27-16-18-29(19-17-27)50(3)4)44(61)53-23-20-30(54)25-33(53)39(56)49-37(28-12-8-7-9-13-28)45(62)63-26(2)36(40(57)47-31)48-41(58)38-35(55)15-10-21-46-38;1-17(2)26-19(4)9-10-24(34)29-11-5-7-18(3)13-20(32)14-21(33)15-25-30-22(16-37-25)27(35)31-12-6-8-23(31)28(36)38-26/h7-10,12-13,15-19,21,26,31-34,36-37,55H,6,11,14,20,22-25H2,1-5H3,(H,47,57)(H,48,58)(H,49,56);5,7,9-10,13,16-17,19-20,23,26,32H,6,8,11-12,14-15H2,1-4H3,(H,29,34)/b;7-5-,10-9-,18-13-/t;19-,20-,23?,26-/m.1/s1. The number of aromatic hydroxyl groups is 1. The molecule has 0 radical (unpaired) electrons. The van der Waals surface area contributed by atoms with Gasteiger partial charge in [-0.15, -0.1) is 0 Å². The van der Waals surface area contributed by atoms with Gasteiger partial charge in [-0.1, -0.05) is 100 Å². The van der Waals surface area contributed by atoms with Crippen LogP contribution in [0.25, 0.3) is 0 Å². The van der Waals surface area contributed by atoms with E-state index in [1.165, 1.54) is 64.2 Å². The Balaban J connectivity index is 0.000000291. The molecule has 4 fully saturated rings. The Kier molecular flexibility index (Phi) is 26.5. The number of aliphatic hydroxyl groups is 1. The van der Waals surface area contributed by atoms with Crippen LogP contribution in [0.2, 0.25) is 0 Å². The van der Waals surface area contributed by atoms with Crippen LogP contribution in [0.3, 0.4) is 0 Å². The number of aromatic nitrogens is 2. The number of allylic oxidation sites excluding steroid dienone is 2. The number of amides is 8. The molecule has 0 spiro atoms. The molecule has 28 nitrogen and oxygen atoms in total. The highest BCUT2D eigenvalue weighted by Crippen LogP contribution is 2.29. The molecule has 4 aromatic rings. The lowest BCUT2D eigenvalue weighted by Crippen LogP contribution is -2.61. The first kappa shape index (κ1) is 76.4. The van der Waals surface area contributed by atoms with Crippen molar-refractivity contribution in [1.82, 2.24) is 50.8 Å². The monoisotopic (exact) mass is 1390 g/mol. The number of anilines is 1. The van der Waals surface area contributed by atoms with Crippen LogP contribution in [0, 0.1) is 11.8 Å². The van der Waals surface area contributed by atoms with Crippen LogP contribution in [0.15, 0.2) is 120 Å². The molecule has 11 atom stereocenters. The molecule has 101 heavy (non-hydrogen) atoms. The largest absolute Gasteiger partial charge is 0.505 e. The number of nitrogens with zero attached hydrogens (tertiary/aromatic N) is 7. The lowest BCUT2D eigenvalue weighted by molar-refractivity contribution is -0.158. The van der Waals surface area contributed by atoms with Crippen molar-refractivity contribution in [2.24, 2.45) is 11.8 Å². The minimum atomic E-state index is -1.68. The first-order valence-corrected chi connectivity index (χ1v) is 34.1. The van der Waals surface area contributed by atoms with Gasteiger partial charge in [0.25, 0.3) is 11.8 Å². The van der Waals surface area contributed by atoms with E-state index in [2.05, 4.69) is 31.2 Å². The molecule has 8 amide bonds. The molecule has 7 heterocycles. The van der Waals surface area contributed by atoms with Crippen molar-refractivity contribution in [3.63, 3.8) is 0 Å². The summed E-state index contributed by atoms with van der Waals surface area (Å²) in [6, 6.07) is 9.31. The third-order valence-electron chi connectivity index (χ3n) is 18.4. The Morgan fingerprint density at radius 2 is 1.47 bits per heavy atom. The van der Waals surface area contributed by atoms with Crippen molar-refractivity contribution in [3.05, 3.63) is 144 Å².